The fraction of sp³-hybridized carbons (Fsp3) is 0.0769. The summed E-state index contributed by atoms with van der Waals surface area (Å²) in [5.74, 6) is 0.999. The fourth-order valence-corrected chi connectivity index (χ4v) is 4.49. The van der Waals surface area contributed by atoms with Gasteiger partial charge in [0, 0.05) is 5.57 Å². The lowest BCUT2D eigenvalue weighted by atomic mass is 10.1. The Morgan fingerprint density at radius 1 is 1.06 bits per heavy atom. The topological polar surface area (TPSA) is 110 Å². The molecular weight excluding hydrogens is 464 g/mol. The van der Waals surface area contributed by atoms with Gasteiger partial charge in [-0.15, -0.1) is 0 Å². The first-order valence-electron chi connectivity index (χ1n) is 10.7. The zero-order valence-corrected chi connectivity index (χ0v) is 19.5. The van der Waals surface area contributed by atoms with Crippen molar-refractivity contribution in [3.63, 3.8) is 0 Å². The van der Waals surface area contributed by atoms with Crippen LogP contribution in [0, 0.1) is 5.41 Å². The molecule has 0 bridgehead atoms. The number of nitrogens with zero attached hydrogens (tertiary/aromatic N) is 2. The third-order valence-corrected chi connectivity index (χ3v) is 6.34. The quantitative estimate of drug-likeness (QED) is 0.449. The van der Waals surface area contributed by atoms with Crippen LogP contribution in [0.25, 0.3) is 16.8 Å². The van der Waals surface area contributed by atoms with Crippen LogP contribution in [0.2, 0.25) is 0 Å². The Hall–Kier alpha value is -4.50. The van der Waals surface area contributed by atoms with E-state index >= 15 is 0 Å². The van der Waals surface area contributed by atoms with Gasteiger partial charge in [-0.25, -0.2) is 4.68 Å². The van der Waals surface area contributed by atoms with Crippen LogP contribution in [0.1, 0.15) is 11.1 Å². The number of ketones is 1. The number of benzene rings is 2. The third-order valence-electron chi connectivity index (χ3n) is 5.36. The monoisotopic (exact) mass is 484 g/mol. The van der Waals surface area contributed by atoms with Crippen molar-refractivity contribution in [2.75, 3.05) is 7.11 Å². The lowest BCUT2D eigenvalue weighted by Gasteiger charge is -2.11. The fourth-order valence-electron chi connectivity index (χ4n) is 3.56. The summed E-state index contributed by atoms with van der Waals surface area (Å²) in [7, 11) is 1.55. The van der Waals surface area contributed by atoms with Crippen LogP contribution >= 0.6 is 11.3 Å². The van der Waals surface area contributed by atoms with Crippen molar-refractivity contribution in [1.82, 2.24) is 14.8 Å². The number of aromatic amines is 1. The second kappa shape index (κ2) is 9.40. The van der Waals surface area contributed by atoms with Gasteiger partial charge >= 0.3 is 0 Å². The lowest BCUT2D eigenvalue weighted by Crippen LogP contribution is -2.47. The summed E-state index contributed by atoms with van der Waals surface area (Å²) in [4.78, 5) is 28.3. The van der Waals surface area contributed by atoms with Crippen molar-refractivity contribution in [3.05, 3.63) is 110 Å². The van der Waals surface area contributed by atoms with E-state index in [1.165, 1.54) is 28.2 Å². The maximum absolute atomic E-state index is 12.7. The Morgan fingerprint density at radius 3 is 2.57 bits per heavy atom. The molecule has 0 saturated carbocycles. The van der Waals surface area contributed by atoms with Gasteiger partial charge in [0.25, 0.3) is 5.56 Å². The summed E-state index contributed by atoms with van der Waals surface area (Å²) in [6.07, 6.45) is 7.91. The van der Waals surface area contributed by atoms with E-state index in [4.69, 9.17) is 14.9 Å². The molecule has 0 unspecified atom stereocenters. The predicted octanol–water partition coefficient (Wildman–Crippen LogP) is 1.80. The second-order valence-electron chi connectivity index (χ2n) is 7.69. The standard InChI is InChI=1S/C26H20N4O4S/c1-33-22-14-17(7-12-21(22)34-15-16-5-3-2-4-6-16)13-20-23(27)30-26(28-24(20)32)35-25(29-30)18-8-10-19(31)11-9-18/h2-14,27,29H,15H2,1H3/b20-13+,27-23?. The van der Waals surface area contributed by atoms with Gasteiger partial charge < -0.3 is 9.47 Å². The molecule has 0 radical (unpaired) electrons. The van der Waals surface area contributed by atoms with E-state index in [2.05, 4.69) is 10.1 Å². The average molecular weight is 485 g/mol. The van der Waals surface area contributed by atoms with Gasteiger partial charge in [0.2, 0.25) is 5.13 Å². The minimum atomic E-state index is -0.505. The number of H-pyrrole nitrogens is 1. The van der Waals surface area contributed by atoms with Crippen LogP contribution in [-0.4, -0.2) is 27.7 Å². The first-order chi connectivity index (χ1) is 17.0. The number of aromatic nitrogens is 3. The summed E-state index contributed by atoms with van der Waals surface area (Å²) >= 11 is 1.24. The molecular formula is C26H20N4O4S. The molecule has 0 amide bonds. The first kappa shape index (κ1) is 22.3. The summed E-state index contributed by atoms with van der Waals surface area (Å²) in [5, 5.41) is 12.2. The van der Waals surface area contributed by atoms with Gasteiger partial charge in [0.1, 0.15) is 11.3 Å². The molecule has 174 valence electrons. The van der Waals surface area contributed by atoms with Gasteiger partial charge in [-0.1, -0.05) is 47.7 Å². The Labute approximate surface area is 203 Å². The number of rotatable bonds is 5. The van der Waals surface area contributed by atoms with Gasteiger partial charge in [0.15, 0.2) is 22.8 Å². The molecule has 9 heteroatoms. The van der Waals surface area contributed by atoms with Crippen LogP contribution in [0.5, 0.6) is 11.5 Å². The highest BCUT2D eigenvalue weighted by atomic mass is 32.1. The van der Waals surface area contributed by atoms with Gasteiger partial charge in [0.05, 0.1) is 12.3 Å². The third kappa shape index (κ3) is 4.62. The van der Waals surface area contributed by atoms with E-state index in [1.54, 1.807) is 43.5 Å². The number of allylic oxidation sites excluding steroid dienone is 4. The largest absolute Gasteiger partial charge is 0.493 e. The number of ether oxygens (including phenoxy) is 2. The molecule has 2 N–H and O–H groups in total. The van der Waals surface area contributed by atoms with Crippen LogP contribution in [0.15, 0.2) is 77.6 Å². The maximum Gasteiger partial charge on any atom is 0.283 e. The predicted molar refractivity (Wildman–Crippen MR) is 132 cm³/mol. The molecule has 2 heterocycles. The summed E-state index contributed by atoms with van der Waals surface area (Å²) < 4.78 is 13.5. The van der Waals surface area contributed by atoms with Gasteiger partial charge in [-0.2, -0.15) is 4.98 Å². The molecule has 3 aliphatic rings. The molecule has 35 heavy (non-hydrogen) atoms. The van der Waals surface area contributed by atoms with Crippen LogP contribution < -0.4 is 30.4 Å². The first-order valence-corrected chi connectivity index (χ1v) is 11.5. The Kier molecular flexibility index (Phi) is 5.99. The highest BCUT2D eigenvalue weighted by molar-refractivity contribution is 7.11. The van der Waals surface area contributed by atoms with Crippen molar-refractivity contribution in [1.29, 1.82) is 5.41 Å². The zero-order valence-electron chi connectivity index (χ0n) is 18.6. The van der Waals surface area contributed by atoms with Crippen molar-refractivity contribution in [2.24, 2.45) is 0 Å². The van der Waals surface area contributed by atoms with E-state index in [-0.39, 0.29) is 16.5 Å². The summed E-state index contributed by atoms with van der Waals surface area (Å²) in [6, 6.07) is 15.1. The van der Waals surface area contributed by atoms with Crippen molar-refractivity contribution < 1.29 is 14.3 Å². The van der Waals surface area contributed by atoms with E-state index in [0.29, 0.717) is 33.5 Å². The number of methoxy groups -OCH3 is 1. The summed E-state index contributed by atoms with van der Waals surface area (Å²) in [6.45, 7) is 0.396. The van der Waals surface area contributed by atoms with Gasteiger partial charge in [-0.3, -0.25) is 20.1 Å². The molecule has 0 aromatic heterocycles. The van der Waals surface area contributed by atoms with Crippen LogP contribution in [-0.2, 0) is 11.4 Å². The summed E-state index contributed by atoms with van der Waals surface area (Å²) in [5.41, 5.74) is 1.95. The minimum Gasteiger partial charge on any atom is -0.493 e. The molecule has 2 aromatic carbocycles. The van der Waals surface area contributed by atoms with Crippen LogP contribution in [0.3, 0.4) is 0 Å². The zero-order chi connectivity index (χ0) is 24.4. The second-order valence-corrected chi connectivity index (χ2v) is 8.67. The number of carbonyl (C=O) groups excluding carboxylic acids is 1. The highest BCUT2D eigenvalue weighted by Gasteiger charge is 2.13. The van der Waals surface area contributed by atoms with Crippen molar-refractivity contribution >= 4 is 28.8 Å². The molecule has 0 spiro atoms. The number of carbonyl (C=O) groups is 1. The molecule has 1 aliphatic carbocycles. The number of hydrogen-bond donors (Lipinski definition) is 2. The Morgan fingerprint density at radius 2 is 1.83 bits per heavy atom. The SMILES string of the molecule is COc1cc(/C=c2/c(=O)nc3sc(=C4C=CC(=O)C=C4)[nH]n-3c2=N)ccc1OCc1ccccc1. The molecule has 0 saturated heterocycles. The molecule has 8 nitrogen and oxygen atoms in total. The number of nitrogens with one attached hydrogen (secondary N) is 2. The average Bonchev–Trinajstić information content (AvgIpc) is 3.30. The van der Waals surface area contributed by atoms with Crippen LogP contribution in [0.4, 0.5) is 0 Å². The number of hydrogen-bond acceptors (Lipinski definition) is 7. The number of fused-ring (bicyclic) bond motifs is 1. The molecule has 0 atom stereocenters. The molecule has 5 rings (SSSR count). The smallest absolute Gasteiger partial charge is 0.283 e. The Bertz CT molecular complexity index is 1680. The molecule has 0 fully saturated rings. The van der Waals surface area contributed by atoms with E-state index in [0.717, 1.165) is 11.1 Å². The lowest BCUT2D eigenvalue weighted by molar-refractivity contribution is -0.110. The molecule has 2 aliphatic heterocycles. The van der Waals surface area contributed by atoms with Crippen molar-refractivity contribution in [3.8, 4) is 16.6 Å². The minimum absolute atomic E-state index is 0.0219. The van der Waals surface area contributed by atoms with Crippen molar-refractivity contribution in [2.45, 2.75) is 6.61 Å². The molecule has 2 aromatic rings. The van der Waals surface area contributed by atoms with E-state index in [1.807, 2.05) is 30.3 Å². The maximum atomic E-state index is 12.7. The van der Waals surface area contributed by atoms with E-state index in [9.17, 15) is 9.59 Å². The van der Waals surface area contributed by atoms with E-state index < -0.39 is 5.56 Å². The highest BCUT2D eigenvalue weighted by Crippen LogP contribution is 2.29. The van der Waals surface area contributed by atoms with Gasteiger partial charge in [-0.05, 0) is 53.6 Å². The normalized spacial score (nSPS) is 13.6. The Balaban J connectivity index is 1.53.